The minimum absolute atomic E-state index is 0.0468. The highest BCUT2D eigenvalue weighted by Gasteiger charge is 2.27. The van der Waals surface area contributed by atoms with Gasteiger partial charge in [-0.25, -0.2) is 0 Å². The summed E-state index contributed by atoms with van der Waals surface area (Å²) in [6.45, 7) is 4.24. The molecule has 2 fully saturated rings. The quantitative estimate of drug-likeness (QED) is 0.682. The molecule has 4 rings (SSSR count). The van der Waals surface area contributed by atoms with Crippen LogP contribution in [0.2, 0.25) is 5.02 Å². The van der Waals surface area contributed by atoms with Gasteiger partial charge in [-0.05, 0) is 74.2 Å². The summed E-state index contributed by atoms with van der Waals surface area (Å²) in [6, 6.07) is 13.4. The van der Waals surface area contributed by atoms with Gasteiger partial charge < -0.3 is 15.0 Å². The molecule has 2 amide bonds. The Kier molecular flexibility index (Phi) is 7.33. The highest BCUT2D eigenvalue weighted by atomic mass is 35.5. The van der Waals surface area contributed by atoms with Crippen LogP contribution in [-0.2, 0) is 11.3 Å². The molecule has 0 aromatic heterocycles. The molecule has 170 valence electrons. The fourth-order valence-electron chi connectivity index (χ4n) is 4.49. The molecular formula is C25H30ClN3O3. The third kappa shape index (κ3) is 5.43. The number of methoxy groups -OCH3 is 1. The number of hydrogen-bond donors (Lipinski definition) is 1. The number of piperidine rings is 1. The summed E-state index contributed by atoms with van der Waals surface area (Å²) in [5.74, 6) is 1.24. The van der Waals surface area contributed by atoms with Crippen molar-refractivity contribution in [3.05, 3.63) is 58.6 Å². The lowest BCUT2D eigenvalue weighted by atomic mass is 9.96. The molecular weight excluding hydrogens is 426 g/mol. The van der Waals surface area contributed by atoms with E-state index < -0.39 is 0 Å². The first-order valence-electron chi connectivity index (χ1n) is 11.3. The van der Waals surface area contributed by atoms with E-state index in [1.54, 1.807) is 30.2 Å². The average molecular weight is 456 g/mol. The topological polar surface area (TPSA) is 61.9 Å². The molecule has 2 aliphatic heterocycles. The van der Waals surface area contributed by atoms with Crippen molar-refractivity contribution in [2.45, 2.75) is 32.2 Å². The van der Waals surface area contributed by atoms with Crippen LogP contribution in [0.3, 0.4) is 0 Å². The summed E-state index contributed by atoms with van der Waals surface area (Å²) in [6.07, 6.45) is 3.42. The standard InChI is InChI=1S/C25H30ClN3O3/c1-32-21-7-4-19(5-8-21)17-28-13-10-18(11-14-28)16-27-25(31)22-9-6-20(26)15-23(22)29-12-2-3-24(29)30/h4-9,15,18H,2-3,10-14,16-17H2,1H3,(H,27,31). The maximum Gasteiger partial charge on any atom is 0.253 e. The number of nitrogens with zero attached hydrogens (tertiary/aromatic N) is 2. The molecule has 0 aliphatic carbocycles. The number of nitrogens with one attached hydrogen (secondary N) is 1. The summed E-state index contributed by atoms with van der Waals surface area (Å²) in [5, 5.41) is 3.62. The Morgan fingerprint density at radius 2 is 1.88 bits per heavy atom. The van der Waals surface area contributed by atoms with Crippen molar-refractivity contribution < 1.29 is 14.3 Å². The normalized spacial score (nSPS) is 17.6. The van der Waals surface area contributed by atoms with E-state index in [0.717, 1.165) is 44.6 Å². The van der Waals surface area contributed by atoms with Crippen LogP contribution in [0, 0.1) is 5.92 Å². The first-order valence-corrected chi connectivity index (χ1v) is 11.6. The summed E-state index contributed by atoms with van der Waals surface area (Å²) >= 11 is 6.15. The maximum absolute atomic E-state index is 12.9. The van der Waals surface area contributed by atoms with Crippen molar-refractivity contribution in [3.8, 4) is 5.75 Å². The van der Waals surface area contributed by atoms with Crippen LogP contribution >= 0.6 is 11.6 Å². The first-order chi connectivity index (χ1) is 15.5. The van der Waals surface area contributed by atoms with E-state index in [-0.39, 0.29) is 11.8 Å². The van der Waals surface area contributed by atoms with Crippen LogP contribution in [0.25, 0.3) is 0 Å². The first kappa shape index (κ1) is 22.6. The predicted octanol–water partition coefficient (Wildman–Crippen LogP) is 4.12. The summed E-state index contributed by atoms with van der Waals surface area (Å²) in [5.41, 5.74) is 2.41. The van der Waals surface area contributed by atoms with E-state index in [9.17, 15) is 9.59 Å². The molecule has 1 N–H and O–H groups in total. The van der Waals surface area contributed by atoms with Crippen LogP contribution < -0.4 is 15.0 Å². The third-order valence-electron chi connectivity index (χ3n) is 6.39. The van der Waals surface area contributed by atoms with Gasteiger partial charge in [-0.3, -0.25) is 14.5 Å². The Morgan fingerprint density at radius 3 is 2.53 bits per heavy atom. The molecule has 0 radical (unpaired) electrons. The molecule has 0 saturated carbocycles. The van der Waals surface area contributed by atoms with Gasteiger partial charge in [0.05, 0.1) is 18.4 Å². The summed E-state index contributed by atoms with van der Waals surface area (Å²) in [4.78, 5) is 29.3. The van der Waals surface area contributed by atoms with Gasteiger partial charge in [0.25, 0.3) is 5.91 Å². The molecule has 2 saturated heterocycles. The maximum atomic E-state index is 12.9. The van der Waals surface area contributed by atoms with Gasteiger partial charge in [0.2, 0.25) is 5.91 Å². The van der Waals surface area contributed by atoms with Crippen molar-refractivity contribution in [3.63, 3.8) is 0 Å². The van der Waals surface area contributed by atoms with Crippen LogP contribution in [0.5, 0.6) is 5.75 Å². The summed E-state index contributed by atoms with van der Waals surface area (Å²) < 4.78 is 5.22. The van der Waals surface area contributed by atoms with Crippen LogP contribution in [-0.4, -0.2) is 50.0 Å². The van der Waals surface area contributed by atoms with Gasteiger partial charge in [-0.2, -0.15) is 0 Å². The van der Waals surface area contributed by atoms with Crippen molar-refractivity contribution in [1.82, 2.24) is 10.2 Å². The second-order valence-corrected chi connectivity index (χ2v) is 9.02. The molecule has 0 unspecified atom stereocenters. The fraction of sp³-hybridized carbons (Fsp3) is 0.440. The molecule has 2 heterocycles. The second-order valence-electron chi connectivity index (χ2n) is 8.59. The highest BCUT2D eigenvalue weighted by Crippen LogP contribution is 2.29. The Labute approximate surface area is 194 Å². The van der Waals surface area contributed by atoms with E-state index in [2.05, 4.69) is 22.3 Å². The lowest BCUT2D eigenvalue weighted by Crippen LogP contribution is -2.38. The average Bonchev–Trinajstić information content (AvgIpc) is 3.24. The second kappa shape index (κ2) is 10.4. The number of likely N-dealkylation sites (tertiary alicyclic amines) is 1. The largest absolute Gasteiger partial charge is 0.497 e. The van der Waals surface area contributed by atoms with Crippen molar-refractivity contribution in [2.24, 2.45) is 5.92 Å². The molecule has 0 bridgehead atoms. The number of carbonyl (C=O) groups excluding carboxylic acids is 2. The zero-order valence-electron chi connectivity index (χ0n) is 18.5. The highest BCUT2D eigenvalue weighted by molar-refractivity contribution is 6.31. The van der Waals surface area contributed by atoms with Crippen molar-refractivity contribution >= 4 is 29.1 Å². The number of amides is 2. The zero-order valence-corrected chi connectivity index (χ0v) is 19.2. The number of ether oxygens (including phenoxy) is 1. The van der Waals surface area contributed by atoms with Crippen molar-refractivity contribution in [2.75, 3.05) is 38.2 Å². The third-order valence-corrected chi connectivity index (χ3v) is 6.63. The summed E-state index contributed by atoms with van der Waals surface area (Å²) in [7, 11) is 1.68. The Morgan fingerprint density at radius 1 is 1.12 bits per heavy atom. The lowest BCUT2D eigenvalue weighted by molar-refractivity contribution is -0.117. The fourth-order valence-corrected chi connectivity index (χ4v) is 4.66. The van der Waals surface area contributed by atoms with Gasteiger partial charge >= 0.3 is 0 Å². The molecule has 2 aromatic carbocycles. The van der Waals surface area contributed by atoms with E-state index in [4.69, 9.17) is 16.3 Å². The molecule has 0 spiro atoms. The Bertz CT molecular complexity index is 955. The number of hydrogen-bond acceptors (Lipinski definition) is 4. The van der Waals surface area contributed by atoms with Gasteiger partial charge in [-0.15, -0.1) is 0 Å². The van der Waals surface area contributed by atoms with E-state index in [1.807, 2.05) is 12.1 Å². The van der Waals surface area contributed by atoms with Crippen molar-refractivity contribution in [1.29, 1.82) is 0 Å². The van der Waals surface area contributed by atoms with Gasteiger partial charge in [0, 0.05) is 31.1 Å². The molecule has 0 atom stereocenters. The number of benzene rings is 2. The van der Waals surface area contributed by atoms with E-state index in [1.165, 1.54) is 5.56 Å². The molecule has 32 heavy (non-hydrogen) atoms. The number of halogens is 1. The van der Waals surface area contributed by atoms with Gasteiger partial charge in [0.1, 0.15) is 5.75 Å². The van der Waals surface area contributed by atoms with Gasteiger partial charge in [-0.1, -0.05) is 23.7 Å². The van der Waals surface area contributed by atoms with Crippen LogP contribution in [0.4, 0.5) is 5.69 Å². The smallest absolute Gasteiger partial charge is 0.253 e. The number of carbonyl (C=O) groups is 2. The lowest BCUT2D eigenvalue weighted by Gasteiger charge is -2.32. The van der Waals surface area contributed by atoms with Gasteiger partial charge in [0.15, 0.2) is 0 Å². The Hall–Kier alpha value is -2.57. The minimum Gasteiger partial charge on any atom is -0.497 e. The minimum atomic E-state index is -0.142. The number of anilines is 1. The number of rotatable bonds is 7. The molecule has 7 heteroatoms. The molecule has 6 nitrogen and oxygen atoms in total. The Balaban J connectivity index is 1.28. The predicted molar refractivity (Wildman–Crippen MR) is 126 cm³/mol. The van der Waals surface area contributed by atoms with E-state index >= 15 is 0 Å². The zero-order chi connectivity index (χ0) is 22.5. The van der Waals surface area contributed by atoms with E-state index in [0.29, 0.717) is 41.7 Å². The monoisotopic (exact) mass is 455 g/mol. The SMILES string of the molecule is COc1ccc(CN2CCC(CNC(=O)c3ccc(Cl)cc3N3CCCC3=O)CC2)cc1. The van der Waals surface area contributed by atoms with Crippen LogP contribution in [0.15, 0.2) is 42.5 Å². The molecule has 2 aromatic rings. The van der Waals surface area contributed by atoms with Crippen LogP contribution in [0.1, 0.15) is 41.6 Å². The molecule has 2 aliphatic rings.